The zero-order valence-electron chi connectivity index (χ0n) is 21.2. The molecule has 1 heterocycles. The Labute approximate surface area is 199 Å². The van der Waals surface area contributed by atoms with Gasteiger partial charge in [-0.1, -0.05) is 47.6 Å². The standard InChI is InChI=1S/C25H36F3N5O/c1-22(2,3)14-24(7,8)33-20-18(23(4,5)6)31-19(32-20)17(13-29)21(34)30-16-11-9-10-15(12-16)25(26,27)28/h9-13,33H,14,29H2,1-8H3,(H,30,34)(H,31,32)/b17-13+. The molecule has 0 aliphatic carbocycles. The molecule has 0 radical (unpaired) electrons. The number of aromatic amines is 1. The van der Waals surface area contributed by atoms with Crippen LogP contribution in [0.15, 0.2) is 30.5 Å². The topological polar surface area (TPSA) is 95.8 Å². The van der Waals surface area contributed by atoms with Crippen molar-refractivity contribution in [3.63, 3.8) is 0 Å². The van der Waals surface area contributed by atoms with Crippen molar-refractivity contribution in [2.24, 2.45) is 11.1 Å². The molecule has 6 nitrogen and oxygen atoms in total. The molecule has 0 spiro atoms. The first-order chi connectivity index (χ1) is 15.3. The highest BCUT2D eigenvalue weighted by molar-refractivity contribution is 6.24. The molecule has 188 valence electrons. The first kappa shape index (κ1) is 27.3. The maximum atomic E-state index is 13.0. The van der Waals surface area contributed by atoms with Crippen molar-refractivity contribution in [1.82, 2.24) is 9.97 Å². The number of halogens is 3. The first-order valence-electron chi connectivity index (χ1n) is 11.1. The van der Waals surface area contributed by atoms with Crippen LogP contribution in [0.1, 0.15) is 78.9 Å². The molecule has 1 amide bonds. The molecule has 0 aliphatic rings. The number of carbonyl (C=O) groups is 1. The number of carbonyl (C=O) groups excluding carboxylic acids is 1. The number of rotatable bonds is 6. The number of aromatic nitrogens is 2. The van der Waals surface area contributed by atoms with Crippen LogP contribution < -0.4 is 16.4 Å². The van der Waals surface area contributed by atoms with Gasteiger partial charge in [0.15, 0.2) is 0 Å². The summed E-state index contributed by atoms with van der Waals surface area (Å²) in [5, 5.41) is 5.98. The predicted molar refractivity (Wildman–Crippen MR) is 131 cm³/mol. The van der Waals surface area contributed by atoms with E-state index >= 15 is 0 Å². The third-order valence-electron chi connectivity index (χ3n) is 5.00. The Balaban J connectivity index is 2.39. The summed E-state index contributed by atoms with van der Waals surface area (Å²) < 4.78 is 39.1. The molecule has 0 fully saturated rings. The average Bonchev–Trinajstić information content (AvgIpc) is 3.02. The third-order valence-corrected chi connectivity index (χ3v) is 5.00. The maximum Gasteiger partial charge on any atom is 0.416 e. The van der Waals surface area contributed by atoms with Crippen LogP contribution in [0, 0.1) is 5.41 Å². The number of hydrogen-bond donors (Lipinski definition) is 4. The highest BCUT2D eigenvalue weighted by Gasteiger charge is 2.32. The monoisotopic (exact) mass is 479 g/mol. The van der Waals surface area contributed by atoms with E-state index < -0.39 is 17.6 Å². The van der Waals surface area contributed by atoms with Crippen molar-refractivity contribution in [3.05, 3.63) is 47.5 Å². The van der Waals surface area contributed by atoms with Gasteiger partial charge in [-0.15, -0.1) is 0 Å². The van der Waals surface area contributed by atoms with E-state index in [0.29, 0.717) is 5.82 Å². The Morgan fingerprint density at radius 1 is 1.09 bits per heavy atom. The zero-order chi connectivity index (χ0) is 26.1. The average molecular weight is 480 g/mol. The summed E-state index contributed by atoms with van der Waals surface area (Å²) in [5.41, 5.74) is 5.16. The van der Waals surface area contributed by atoms with E-state index in [1.165, 1.54) is 12.1 Å². The number of nitrogens with one attached hydrogen (secondary N) is 3. The number of hydrogen-bond acceptors (Lipinski definition) is 4. The fraction of sp³-hybridized carbons (Fsp3) is 0.520. The molecule has 34 heavy (non-hydrogen) atoms. The van der Waals surface area contributed by atoms with Crippen LogP contribution in [0.4, 0.5) is 24.7 Å². The SMILES string of the molecule is CC(C)(C)CC(C)(C)Nc1nc(/C(=C\N)C(=O)Nc2cccc(C(F)(F)F)c2)[nH]c1C(C)(C)C. The molecule has 0 unspecified atom stereocenters. The number of H-pyrrole nitrogens is 1. The van der Waals surface area contributed by atoms with Crippen LogP contribution in [0.3, 0.4) is 0 Å². The second-order valence-electron chi connectivity index (χ2n) is 11.4. The van der Waals surface area contributed by atoms with Gasteiger partial charge >= 0.3 is 6.18 Å². The fourth-order valence-corrected chi connectivity index (χ4v) is 4.06. The summed E-state index contributed by atoms with van der Waals surface area (Å²) in [6.45, 7) is 16.7. The molecular weight excluding hydrogens is 443 g/mol. The van der Waals surface area contributed by atoms with Crippen LogP contribution in [-0.2, 0) is 16.4 Å². The number of nitrogens with zero attached hydrogens (tertiary/aromatic N) is 1. The number of alkyl halides is 3. The molecule has 2 aromatic rings. The summed E-state index contributed by atoms with van der Waals surface area (Å²) in [6.07, 6.45) is -2.56. The van der Waals surface area contributed by atoms with Gasteiger partial charge in [0.2, 0.25) is 0 Å². The fourth-order valence-electron chi connectivity index (χ4n) is 4.06. The quantitative estimate of drug-likeness (QED) is 0.366. The third kappa shape index (κ3) is 7.27. The summed E-state index contributed by atoms with van der Waals surface area (Å²) in [7, 11) is 0. The number of benzene rings is 1. The minimum absolute atomic E-state index is 0.00596. The number of amides is 1. The second kappa shape index (κ2) is 9.35. The van der Waals surface area contributed by atoms with E-state index in [4.69, 9.17) is 5.73 Å². The molecule has 1 aromatic carbocycles. The summed E-state index contributed by atoms with van der Waals surface area (Å²) in [6, 6.07) is 4.42. The smallest absolute Gasteiger partial charge is 0.404 e. The van der Waals surface area contributed by atoms with Crippen LogP contribution in [0.2, 0.25) is 0 Å². The maximum absolute atomic E-state index is 13.0. The first-order valence-corrected chi connectivity index (χ1v) is 11.1. The van der Waals surface area contributed by atoms with Crippen LogP contribution in [0.5, 0.6) is 0 Å². The van der Waals surface area contributed by atoms with Gasteiger partial charge in [0.25, 0.3) is 5.91 Å². The predicted octanol–water partition coefficient (Wildman–Crippen LogP) is 6.29. The summed E-state index contributed by atoms with van der Waals surface area (Å²) >= 11 is 0. The number of anilines is 2. The lowest BCUT2D eigenvalue weighted by Crippen LogP contribution is -2.36. The van der Waals surface area contributed by atoms with Gasteiger partial charge in [-0.25, -0.2) is 4.98 Å². The summed E-state index contributed by atoms with van der Waals surface area (Å²) in [5.74, 6) is 0.158. The number of imidazole rings is 1. The van der Waals surface area contributed by atoms with E-state index in [9.17, 15) is 18.0 Å². The molecule has 9 heteroatoms. The molecule has 0 aliphatic heterocycles. The molecule has 0 atom stereocenters. The minimum Gasteiger partial charge on any atom is -0.404 e. The normalized spacial score (nSPS) is 13.7. The molecule has 0 bridgehead atoms. The number of nitrogens with two attached hydrogens (primary N) is 1. The van der Waals surface area contributed by atoms with Crippen molar-refractivity contribution in [1.29, 1.82) is 0 Å². The van der Waals surface area contributed by atoms with Gasteiger partial charge in [0.1, 0.15) is 11.6 Å². The van der Waals surface area contributed by atoms with Crippen molar-refractivity contribution in [2.45, 2.75) is 78.9 Å². The molecule has 2 rings (SSSR count). The van der Waals surface area contributed by atoms with Crippen molar-refractivity contribution in [3.8, 4) is 0 Å². The van der Waals surface area contributed by atoms with Gasteiger partial charge in [-0.05, 0) is 43.9 Å². The largest absolute Gasteiger partial charge is 0.416 e. The van der Waals surface area contributed by atoms with Gasteiger partial charge in [0, 0.05) is 22.8 Å². The lowest BCUT2D eigenvalue weighted by molar-refractivity contribution is -0.137. The zero-order valence-corrected chi connectivity index (χ0v) is 21.2. The molecule has 0 saturated heterocycles. The summed E-state index contributed by atoms with van der Waals surface area (Å²) in [4.78, 5) is 20.8. The van der Waals surface area contributed by atoms with E-state index in [-0.39, 0.29) is 33.5 Å². The van der Waals surface area contributed by atoms with Gasteiger partial charge in [-0.3, -0.25) is 4.79 Å². The van der Waals surface area contributed by atoms with Crippen molar-refractivity contribution < 1.29 is 18.0 Å². The van der Waals surface area contributed by atoms with E-state index in [1.807, 2.05) is 20.8 Å². The van der Waals surface area contributed by atoms with E-state index in [0.717, 1.165) is 30.4 Å². The van der Waals surface area contributed by atoms with Gasteiger partial charge < -0.3 is 21.4 Å². The molecule has 5 N–H and O–H groups in total. The van der Waals surface area contributed by atoms with E-state index in [2.05, 4.69) is 55.2 Å². The van der Waals surface area contributed by atoms with Crippen LogP contribution in [0.25, 0.3) is 5.57 Å². The van der Waals surface area contributed by atoms with Gasteiger partial charge in [0.05, 0.1) is 16.8 Å². The molecule has 1 aromatic heterocycles. The Bertz CT molecular complexity index is 1050. The minimum atomic E-state index is -4.52. The highest BCUT2D eigenvalue weighted by Crippen LogP contribution is 2.35. The lowest BCUT2D eigenvalue weighted by atomic mass is 9.81. The van der Waals surface area contributed by atoms with Gasteiger partial charge in [-0.2, -0.15) is 13.2 Å². The second-order valence-corrected chi connectivity index (χ2v) is 11.4. The lowest BCUT2D eigenvalue weighted by Gasteiger charge is -2.34. The van der Waals surface area contributed by atoms with Crippen molar-refractivity contribution in [2.75, 3.05) is 10.6 Å². The van der Waals surface area contributed by atoms with Crippen LogP contribution in [-0.4, -0.2) is 21.4 Å². The van der Waals surface area contributed by atoms with E-state index in [1.54, 1.807) is 0 Å². The Kier molecular flexibility index (Phi) is 7.50. The Morgan fingerprint density at radius 3 is 2.21 bits per heavy atom. The van der Waals surface area contributed by atoms with Crippen molar-refractivity contribution >= 4 is 23.0 Å². The molecule has 0 saturated carbocycles. The molecular formula is C25H36F3N5O. The van der Waals surface area contributed by atoms with Crippen LogP contribution >= 0.6 is 0 Å². The highest BCUT2D eigenvalue weighted by atomic mass is 19.4. The Morgan fingerprint density at radius 2 is 1.71 bits per heavy atom. The Hall–Kier alpha value is -2.97.